The van der Waals surface area contributed by atoms with E-state index >= 15 is 0 Å². The summed E-state index contributed by atoms with van der Waals surface area (Å²) in [5, 5.41) is 10.1. The van der Waals surface area contributed by atoms with Crippen LogP contribution >= 0.6 is 0 Å². The molecule has 1 aliphatic rings. The fourth-order valence-electron chi connectivity index (χ4n) is 2.66. The molecule has 0 radical (unpaired) electrons. The van der Waals surface area contributed by atoms with Crippen LogP contribution in [0.25, 0.3) is 11.3 Å². The van der Waals surface area contributed by atoms with Crippen molar-refractivity contribution < 1.29 is 13.5 Å². The molecule has 4 rings (SSSR count). The highest BCUT2D eigenvalue weighted by molar-refractivity contribution is 5.66. The summed E-state index contributed by atoms with van der Waals surface area (Å²) in [5.74, 6) is 1.26. The zero-order valence-corrected chi connectivity index (χ0v) is 13.9. The van der Waals surface area contributed by atoms with Gasteiger partial charge in [-0.25, -0.2) is 13.8 Å². The van der Waals surface area contributed by atoms with Crippen molar-refractivity contribution in [3.8, 4) is 17.0 Å². The zero-order valence-electron chi connectivity index (χ0n) is 13.9. The van der Waals surface area contributed by atoms with Crippen molar-refractivity contribution >= 4 is 17.6 Å². The van der Waals surface area contributed by atoms with Gasteiger partial charge in [0.25, 0.3) is 0 Å². The van der Waals surface area contributed by atoms with Crippen LogP contribution in [0.5, 0.6) is 5.75 Å². The van der Waals surface area contributed by atoms with Crippen LogP contribution in [-0.2, 0) is 0 Å². The lowest BCUT2D eigenvalue weighted by Gasteiger charge is -2.34. The number of hydrogen-bond acceptors (Lipinski definition) is 6. The van der Waals surface area contributed by atoms with Gasteiger partial charge >= 0.3 is 0 Å². The number of anilines is 3. The molecule has 2 aromatic heterocycles. The van der Waals surface area contributed by atoms with Crippen LogP contribution < -0.4 is 15.0 Å². The summed E-state index contributed by atoms with van der Waals surface area (Å²) in [6.07, 6.45) is 0.775. The van der Waals surface area contributed by atoms with Gasteiger partial charge < -0.3 is 15.0 Å². The van der Waals surface area contributed by atoms with E-state index in [9.17, 15) is 8.78 Å². The Morgan fingerprint density at radius 2 is 2.08 bits per heavy atom. The first kappa shape index (κ1) is 16.2. The molecule has 3 heterocycles. The number of rotatable bonds is 5. The third-order valence-electron chi connectivity index (χ3n) is 4.06. The summed E-state index contributed by atoms with van der Waals surface area (Å²) in [5.41, 5.74) is 1.29. The Labute approximate surface area is 148 Å². The number of hydrogen-bond donors (Lipinski definition) is 2. The predicted molar refractivity (Wildman–Crippen MR) is 93.0 cm³/mol. The molecule has 134 valence electrons. The SMILES string of the molecule is COc1ccc(-c2cc(Nc3ccnc(N4CC(F)C4)n3)n[nH]2)cc1F. The lowest BCUT2D eigenvalue weighted by atomic mass is 10.1. The second-order valence-electron chi connectivity index (χ2n) is 5.89. The standard InChI is InChI=1S/C17H16F2N6O/c1-26-14-3-2-10(6-12(14)19)13-7-16(24-23-13)21-15-4-5-20-17(22-15)25-8-11(18)9-25/h2-7,11H,8-9H2,1H3,(H2,20,21,22,23,24). The second kappa shape index (κ2) is 6.58. The number of nitrogens with one attached hydrogen (secondary N) is 2. The first-order chi connectivity index (χ1) is 12.6. The fourth-order valence-corrected chi connectivity index (χ4v) is 2.66. The topological polar surface area (TPSA) is 79.0 Å². The number of halogens is 2. The highest BCUT2D eigenvalue weighted by atomic mass is 19.1. The quantitative estimate of drug-likeness (QED) is 0.730. The molecule has 0 atom stereocenters. The third-order valence-corrected chi connectivity index (χ3v) is 4.06. The van der Waals surface area contributed by atoms with Crippen LogP contribution in [0.1, 0.15) is 0 Å². The van der Waals surface area contributed by atoms with Crippen LogP contribution in [0.2, 0.25) is 0 Å². The third kappa shape index (κ3) is 3.15. The Bertz CT molecular complexity index is 925. The van der Waals surface area contributed by atoms with E-state index in [0.717, 1.165) is 0 Å². The van der Waals surface area contributed by atoms with E-state index in [4.69, 9.17) is 4.74 Å². The number of aromatic nitrogens is 4. The van der Waals surface area contributed by atoms with E-state index in [-0.39, 0.29) is 5.75 Å². The number of benzene rings is 1. The summed E-state index contributed by atoms with van der Waals surface area (Å²) in [7, 11) is 1.42. The maximum atomic E-state index is 13.9. The van der Waals surface area contributed by atoms with Crippen LogP contribution in [0.3, 0.4) is 0 Å². The van der Waals surface area contributed by atoms with Crippen molar-refractivity contribution in [2.24, 2.45) is 0 Å². The summed E-state index contributed by atoms with van der Waals surface area (Å²) in [6.45, 7) is 0.609. The summed E-state index contributed by atoms with van der Waals surface area (Å²) in [4.78, 5) is 10.2. The van der Waals surface area contributed by atoms with Crippen LogP contribution in [0, 0.1) is 5.82 Å². The number of alkyl halides is 1. The first-order valence-electron chi connectivity index (χ1n) is 8.01. The minimum Gasteiger partial charge on any atom is -0.494 e. The molecule has 2 N–H and O–H groups in total. The van der Waals surface area contributed by atoms with Gasteiger partial charge in [-0.1, -0.05) is 0 Å². The average molecular weight is 358 g/mol. The molecule has 0 amide bonds. The molecule has 9 heteroatoms. The molecule has 0 aliphatic carbocycles. The molecular formula is C17H16F2N6O. The number of ether oxygens (including phenoxy) is 1. The van der Waals surface area contributed by atoms with E-state index in [1.54, 1.807) is 35.4 Å². The Kier molecular flexibility index (Phi) is 4.11. The number of nitrogens with zero attached hydrogens (tertiary/aromatic N) is 4. The van der Waals surface area contributed by atoms with E-state index in [1.807, 2.05) is 0 Å². The van der Waals surface area contributed by atoms with Crippen molar-refractivity contribution in [2.45, 2.75) is 6.17 Å². The van der Waals surface area contributed by atoms with Crippen molar-refractivity contribution in [3.63, 3.8) is 0 Å². The normalized spacial score (nSPS) is 14.2. The second-order valence-corrected chi connectivity index (χ2v) is 5.89. The molecule has 26 heavy (non-hydrogen) atoms. The fraction of sp³-hybridized carbons (Fsp3) is 0.235. The van der Waals surface area contributed by atoms with Crippen molar-refractivity contribution in [1.29, 1.82) is 0 Å². The minimum atomic E-state index is -0.825. The average Bonchev–Trinajstić information content (AvgIpc) is 3.07. The molecule has 1 saturated heterocycles. The molecule has 1 aliphatic heterocycles. The molecule has 0 bridgehead atoms. The van der Waals surface area contributed by atoms with Crippen LogP contribution in [0.4, 0.5) is 26.4 Å². The van der Waals surface area contributed by atoms with Crippen molar-refractivity contribution in [2.75, 3.05) is 30.4 Å². The maximum absolute atomic E-state index is 13.9. The van der Waals surface area contributed by atoms with Gasteiger partial charge in [-0.05, 0) is 24.3 Å². The monoisotopic (exact) mass is 358 g/mol. The molecule has 1 aromatic carbocycles. The molecule has 0 spiro atoms. The van der Waals surface area contributed by atoms with Crippen molar-refractivity contribution in [3.05, 3.63) is 42.3 Å². The summed E-state index contributed by atoms with van der Waals surface area (Å²) < 4.78 is 31.7. The summed E-state index contributed by atoms with van der Waals surface area (Å²) in [6, 6.07) is 8.10. The van der Waals surface area contributed by atoms with Gasteiger partial charge in [0.15, 0.2) is 17.4 Å². The Morgan fingerprint density at radius 1 is 1.23 bits per heavy atom. The predicted octanol–water partition coefficient (Wildman–Crippen LogP) is 2.92. The Morgan fingerprint density at radius 3 is 2.81 bits per heavy atom. The van der Waals surface area contributed by atoms with Crippen LogP contribution in [0.15, 0.2) is 36.5 Å². The highest BCUT2D eigenvalue weighted by Gasteiger charge is 2.28. The maximum Gasteiger partial charge on any atom is 0.227 e. The number of methoxy groups -OCH3 is 1. The van der Waals surface area contributed by atoms with Gasteiger partial charge in [0, 0.05) is 17.8 Å². The molecule has 0 saturated carbocycles. The van der Waals surface area contributed by atoms with Crippen LogP contribution in [-0.4, -0.2) is 46.5 Å². The molecular weight excluding hydrogens is 342 g/mol. The van der Waals surface area contributed by atoms with Gasteiger partial charge in [0.1, 0.15) is 12.0 Å². The Hall–Kier alpha value is -3.23. The van der Waals surface area contributed by atoms with Gasteiger partial charge in [-0.2, -0.15) is 10.1 Å². The zero-order chi connectivity index (χ0) is 18.1. The highest BCUT2D eigenvalue weighted by Crippen LogP contribution is 2.26. The molecule has 0 unspecified atom stereocenters. The lowest BCUT2D eigenvalue weighted by Crippen LogP contribution is -2.49. The lowest BCUT2D eigenvalue weighted by molar-refractivity contribution is 0.272. The Balaban J connectivity index is 1.50. The van der Waals surface area contributed by atoms with Crippen molar-refractivity contribution in [1.82, 2.24) is 20.2 Å². The number of H-pyrrole nitrogens is 1. The van der Waals surface area contributed by atoms with Gasteiger partial charge in [-0.3, -0.25) is 5.10 Å². The van der Waals surface area contributed by atoms with Gasteiger partial charge in [0.05, 0.1) is 25.9 Å². The van der Waals surface area contributed by atoms with Gasteiger partial charge in [-0.15, -0.1) is 0 Å². The largest absolute Gasteiger partial charge is 0.494 e. The minimum absolute atomic E-state index is 0.182. The van der Waals surface area contributed by atoms with E-state index in [0.29, 0.717) is 41.9 Å². The molecule has 1 fully saturated rings. The summed E-state index contributed by atoms with van der Waals surface area (Å²) >= 11 is 0. The first-order valence-corrected chi connectivity index (χ1v) is 8.01. The van der Waals surface area contributed by atoms with E-state index < -0.39 is 12.0 Å². The van der Waals surface area contributed by atoms with E-state index in [1.165, 1.54) is 13.2 Å². The molecule has 3 aromatic rings. The molecule has 7 nitrogen and oxygen atoms in total. The number of aromatic amines is 1. The van der Waals surface area contributed by atoms with E-state index in [2.05, 4.69) is 25.5 Å². The smallest absolute Gasteiger partial charge is 0.227 e. The van der Waals surface area contributed by atoms with Gasteiger partial charge in [0.2, 0.25) is 5.95 Å².